The number of furan rings is 1. The molecule has 11 heteroatoms. The maximum Gasteiger partial charge on any atom is 0.305 e. The third-order valence-electron chi connectivity index (χ3n) is 3.73. The van der Waals surface area contributed by atoms with E-state index >= 15 is 0 Å². The summed E-state index contributed by atoms with van der Waals surface area (Å²) in [5.41, 5.74) is -0.244. The number of nitrogens with one attached hydrogen (secondary N) is 2. The number of rotatable bonds is 7. The quantitative estimate of drug-likeness (QED) is 0.424. The van der Waals surface area contributed by atoms with Gasteiger partial charge in [0.05, 0.1) is 22.6 Å². The number of carbonyl (C=O) groups is 2. The molecule has 0 saturated carbocycles. The zero-order chi connectivity index (χ0) is 21.7. The van der Waals surface area contributed by atoms with Crippen molar-refractivity contribution in [3.8, 4) is 5.75 Å². The number of hydrogen-bond donors (Lipinski definition) is 2. The number of nitro benzene ring substituents is 1. The van der Waals surface area contributed by atoms with E-state index in [0.717, 1.165) is 12.1 Å². The van der Waals surface area contributed by atoms with Crippen molar-refractivity contribution < 1.29 is 28.1 Å². The Morgan fingerprint density at radius 3 is 2.60 bits per heavy atom. The molecular weight excluding hydrogens is 421 g/mol. The van der Waals surface area contributed by atoms with Crippen LogP contribution in [0.2, 0.25) is 5.02 Å². The van der Waals surface area contributed by atoms with Crippen LogP contribution >= 0.6 is 11.6 Å². The largest absolute Gasteiger partial charge is 0.484 e. The van der Waals surface area contributed by atoms with Gasteiger partial charge >= 0.3 is 5.69 Å². The Labute approximate surface area is 173 Å². The van der Waals surface area contributed by atoms with Gasteiger partial charge in [-0.3, -0.25) is 19.7 Å². The fourth-order valence-corrected chi connectivity index (χ4v) is 2.55. The predicted molar refractivity (Wildman–Crippen MR) is 105 cm³/mol. The van der Waals surface area contributed by atoms with E-state index in [1.54, 1.807) is 6.07 Å². The van der Waals surface area contributed by atoms with Crippen LogP contribution in [0, 0.1) is 15.9 Å². The number of nitrogens with zero attached hydrogens (tertiary/aromatic N) is 1. The van der Waals surface area contributed by atoms with Crippen LogP contribution in [0.1, 0.15) is 10.6 Å². The molecule has 0 aliphatic heterocycles. The first-order chi connectivity index (χ1) is 14.3. The molecule has 0 atom stereocenters. The lowest BCUT2D eigenvalue weighted by Crippen LogP contribution is -2.21. The molecule has 1 aromatic heterocycles. The van der Waals surface area contributed by atoms with Crippen LogP contribution in [0.4, 0.5) is 21.5 Å². The number of carbonyl (C=O) groups excluding carboxylic acids is 2. The van der Waals surface area contributed by atoms with Crippen molar-refractivity contribution in [2.45, 2.75) is 0 Å². The molecule has 0 bridgehead atoms. The number of benzene rings is 2. The van der Waals surface area contributed by atoms with Crippen molar-refractivity contribution >= 4 is 40.5 Å². The molecule has 2 amide bonds. The Morgan fingerprint density at radius 2 is 1.93 bits per heavy atom. The van der Waals surface area contributed by atoms with Crippen LogP contribution in [0.5, 0.6) is 5.75 Å². The lowest BCUT2D eigenvalue weighted by molar-refractivity contribution is -0.387. The molecule has 0 unspecified atom stereocenters. The van der Waals surface area contributed by atoms with E-state index in [4.69, 9.17) is 20.8 Å². The second-order valence-electron chi connectivity index (χ2n) is 5.83. The summed E-state index contributed by atoms with van der Waals surface area (Å²) in [4.78, 5) is 34.1. The summed E-state index contributed by atoms with van der Waals surface area (Å²) in [6.07, 6.45) is 1.34. The normalized spacial score (nSPS) is 10.3. The molecule has 0 aliphatic rings. The summed E-state index contributed by atoms with van der Waals surface area (Å²) in [7, 11) is 0. The fourth-order valence-electron chi connectivity index (χ4n) is 2.38. The third kappa shape index (κ3) is 5.11. The van der Waals surface area contributed by atoms with Gasteiger partial charge in [-0.25, -0.2) is 0 Å². The van der Waals surface area contributed by atoms with Gasteiger partial charge in [0.15, 0.2) is 12.4 Å². The number of nitro groups is 1. The van der Waals surface area contributed by atoms with Crippen LogP contribution in [-0.2, 0) is 4.79 Å². The van der Waals surface area contributed by atoms with E-state index in [1.165, 1.54) is 36.6 Å². The molecule has 3 aromatic rings. The highest BCUT2D eigenvalue weighted by atomic mass is 35.5. The third-order valence-corrected chi connectivity index (χ3v) is 3.97. The summed E-state index contributed by atoms with van der Waals surface area (Å²) in [5, 5.41) is 16.0. The second-order valence-corrected chi connectivity index (χ2v) is 6.26. The SMILES string of the molecule is O=C(COc1ccc([N+](=O)[O-])c(F)c1)Nc1ccc(Cl)cc1NC(=O)c1ccco1. The molecule has 0 spiro atoms. The van der Waals surface area contributed by atoms with Crippen molar-refractivity contribution in [2.75, 3.05) is 17.2 Å². The lowest BCUT2D eigenvalue weighted by atomic mass is 10.2. The smallest absolute Gasteiger partial charge is 0.305 e. The number of ether oxygens (including phenoxy) is 1. The van der Waals surface area contributed by atoms with Crippen molar-refractivity contribution in [3.63, 3.8) is 0 Å². The maximum absolute atomic E-state index is 13.6. The van der Waals surface area contributed by atoms with Gasteiger partial charge in [0, 0.05) is 17.2 Å². The summed E-state index contributed by atoms with van der Waals surface area (Å²) >= 11 is 5.96. The van der Waals surface area contributed by atoms with Crippen molar-refractivity contribution in [2.24, 2.45) is 0 Å². The number of halogens is 2. The molecule has 9 nitrogen and oxygen atoms in total. The number of anilines is 2. The molecule has 0 fully saturated rings. The average Bonchev–Trinajstić information content (AvgIpc) is 3.23. The fraction of sp³-hybridized carbons (Fsp3) is 0.0526. The minimum absolute atomic E-state index is 0.0595. The second kappa shape index (κ2) is 9.05. The molecule has 2 aromatic carbocycles. The van der Waals surface area contributed by atoms with Gasteiger partial charge in [-0.1, -0.05) is 11.6 Å². The Bertz CT molecular complexity index is 1100. The van der Waals surface area contributed by atoms with Crippen LogP contribution in [0.3, 0.4) is 0 Å². The molecule has 0 saturated heterocycles. The van der Waals surface area contributed by atoms with Gasteiger partial charge in [0.1, 0.15) is 5.75 Å². The zero-order valence-electron chi connectivity index (χ0n) is 15.1. The zero-order valence-corrected chi connectivity index (χ0v) is 15.8. The summed E-state index contributed by atoms with van der Waals surface area (Å²) in [6, 6.07) is 10.3. The van der Waals surface area contributed by atoms with Crippen LogP contribution in [-0.4, -0.2) is 23.3 Å². The van der Waals surface area contributed by atoms with Crippen molar-refractivity contribution in [1.82, 2.24) is 0 Å². The van der Waals surface area contributed by atoms with Crippen molar-refractivity contribution in [3.05, 3.63) is 81.5 Å². The van der Waals surface area contributed by atoms with E-state index in [9.17, 15) is 24.1 Å². The van der Waals surface area contributed by atoms with Crippen molar-refractivity contribution in [1.29, 1.82) is 0 Å². The first-order valence-corrected chi connectivity index (χ1v) is 8.72. The number of hydrogen-bond acceptors (Lipinski definition) is 6. The molecule has 3 rings (SSSR count). The first kappa shape index (κ1) is 20.8. The monoisotopic (exact) mass is 433 g/mol. The van der Waals surface area contributed by atoms with Gasteiger partial charge in [-0.2, -0.15) is 4.39 Å². The maximum atomic E-state index is 13.6. The number of amides is 2. The van der Waals surface area contributed by atoms with Gasteiger partial charge in [0.25, 0.3) is 11.8 Å². The minimum atomic E-state index is -1.08. The molecule has 2 N–H and O–H groups in total. The Hall–Kier alpha value is -3.92. The highest BCUT2D eigenvalue weighted by Crippen LogP contribution is 2.27. The summed E-state index contributed by atoms with van der Waals surface area (Å²) in [6.45, 7) is -0.508. The summed E-state index contributed by atoms with van der Waals surface area (Å²) < 4.78 is 23.8. The van der Waals surface area contributed by atoms with Gasteiger partial charge in [-0.15, -0.1) is 0 Å². The van der Waals surface area contributed by atoms with Gasteiger partial charge in [0.2, 0.25) is 5.82 Å². The Balaban J connectivity index is 1.65. The molecule has 30 heavy (non-hydrogen) atoms. The Morgan fingerprint density at radius 1 is 1.13 bits per heavy atom. The standard InChI is InChI=1S/C19H13ClFN3O6/c20-11-3-5-14(15(8-11)23-19(26)17-2-1-7-29-17)22-18(25)10-30-12-4-6-16(24(27)28)13(21)9-12/h1-9H,10H2,(H,22,25)(H,23,26). The Kier molecular flexibility index (Phi) is 6.28. The highest BCUT2D eigenvalue weighted by Gasteiger charge is 2.16. The predicted octanol–water partition coefficient (Wildman–Crippen LogP) is 4.25. The van der Waals surface area contributed by atoms with Crippen LogP contribution in [0.25, 0.3) is 0 Å². The summed E-state index contributed by atoms with van der Waals surface area (Å²) in [5.74, 6) is -2.25. The van der Waals surface area contributed by atoms with E-state index in [1.807, 2.05) is 0 Å². The van der Waals surface area contributed by atoms with Gasteiger partial charge < -0.3 is 19.8 Å². The minimum Gasteiger partial charge on any atom is -0.484 e. The molecular formula is C19H13ClFN3O6. The van der Waals surface area contributed by atoms with E-state index < -0.39 is 34.8 Å². The topological polar surface area (TPSA) is 124 Å². The van der Waals surface area contributed by atoms with E-state index in [2.05, 4.69) is 10.6 Å². The average molecular weight is 434 g/mol. The lowest BCUT2D eigenvalue weighted by Gasteiger charge is -2.13. The first-order valence-electron chi connectivity index (χ1n) is 8.34. The molecule has 0 aliphatic carbocycles. The van der Waals surface area contributed by atoms with Gasteiger partial charge in [-0.05, 0) is 36.4 Å². The van der Waals surface area contributed by atoms with Crippen LogP contribution < -0.4 is 15.4 Å². The van der Waals surface area contributed by atoms with E-state index in [0.29, 0.717) is 5.02 Å². The van der Waals surface area contributed by atoms with E-state index in [-0.39, 0.29) is 22.9 Å². The molecule has 1 heterocycles. The molecule has 0 radical (unpaired) electrons. The van der Waals surface area contributed by atoms with Crippen LogP contribution in [0.15, 0.2) is 59.2 Å². The molecule has 154 valence electrons. The highest BCUT2D eigenvalue weighted by molar-refractivity contribution is 6.31.